The van der Waals surface area contributed by atoms with E-state index in [1.165, 1.54) is 0 Å². The molecule has 2 unspecified atom stereocenters. The van der Waals surface area contributed by atoms with Crippen LogP contribution in [0.15, 0.2) is 0 Å². The van der Waals surface area contributed by atoms with Gasteiger partial charge in [0.25, 0.3) is 0 Å². The predicted octanol–water partition coefficient (Wildman–Crippen LogP) is -0.606. The molecule has 2 fully saturated rings. The summed E-state index contributed by atoms with van der Waals surface area (Å²) in [6.07, 6.45) is 1.38. The van der Waals surface area contributed by atoms with Gasteiger partial charge in [0.1, 0.15) is 6.10 Å². The van der Waals surface area contributed by atoms with E-state index >= 15 is 0 Å². The Morgan fingerprint density at radius 1 is 1.60 bits per heavy atom. The highest BCUT2D eigenvalue weighted by Gasteiger charge is 2.41. The van der Waals surface area contributed by atoms with E-state index in [2.05, 4.69) is 4.90 Å². The monoisotopic (exact) mass is 141 g/mol. The van der Waals surface area contributed by atoms with Crippen LogP contribution in [0.3, 0.4) is 0 Å². The number of aliphatic hydroxyl groups excluding tert-OH is 1. The van der Waals surface area contributed by atoms with Crippen molar-refractivity contribution in [2.24, 2.45) is 0 Å². The first-order valence-corrected chi connectivity index (χ1v) is 3.75. The summed E-state index contributed by atoms with van der Waals surface area (Å²) in [6.45, 7) is 1.57. The van der Waals surface area contributed by atoms with E-state index in [1.807, 2.05) is 0 Å². The van der Waals surface area contributed by atoms with Crippen molar-refractivity contribution in [3.63, 3.8) is 0 Å². The van der Waals surface area contributed by atoms with Gasteiger partial charge in [-0.3, -0.25) is 9.69 Å². The summed E-state index contributed by atoms with van der Waals surface area (Å²) in [7, 11) is 0. The highest BCUT2D eigenvalue weighted by atomic mass is 16.3. The molecule has 10 heavy (non-hydrogen) atoms. The third-order valence-electron chi connectivity index (χ3n) is 2.43. The number of hydrogen-bond donors (Lipinski definition) is 1. The van der Waals surface area contributed by atoms with Gasteiger partial charge in [0, 0.05) is 6.54 Å². The summed E-state index contributed by atoms with van der Waals surface area (Å²) < 4.78 is 0. The van der Waals surface area contributed by atoms with Crippen LogP contribution in [0.2, 0.25) is 0 Å². The van der Waals surface area contributed by atoms with E-state index in [9.17, 15) is 4.79 Å². The van der Waals surface area contributed by atoms with Crippen LogP contribution in [-0.2, 0) is 4.79 Å². The molecule has 0 aromatic carbocycles. The number of nitrogens with zero attached hydrogens (tertiary/aromatic N) is 1. The molecule has 0 aromatic heterocycles. The Morgan fingerprint density at radius 3 is 3.10 bits per heavy atom. The second kappa shape index (κ2) is 2.04. The normalized spacial score (nSPS) is 40.7. The van der Waals surface area contributed by atoms with Gasteiger partial charge in [-0.15, -0.1) is 0 Å². The van der Waals surface area contributed by atoms with Gasteiger partial charge >= 0.3 is 0 Å². The highest BCUT2D eigenvalue weighted by Crippen LogP contribution is 2.24. The summed E-state index contributed by atoms with van der Waals surface area (Å²) in [5.74, 6) is 0.0394. The average Bonchev–Trinajstić information content (AvgIpc) is 2.41. The molecule has 2 aliphatic rings. The van der Waals surface area contributed by atoms with Crippen LogP contribution in [0.25, 0.3) is 0 Å². The van der Waals surface area contributed by atoms with Gasteiger partial charge in [-0.2, -0.15) is 0 Å². The number of rotatable bonds is 0. The minimum Gasteiger partial charge on any atom is -0.384 e. The Morgan fingerprint density at radius 2 is 2.40 bits per heavy atom. The summed E-state index contributed by atoms with van der Waals surface area (Å²) in [6, 6.07) is 0.0648. The molecule has 2 aliphatic heterocycles. The van der Waals surface area contributed by atoms with Gasteiger partial charge in [-0.05, 0) is 19.4 Å². The Balaban J connectivity index is 2.17. The van der Waals surface area contributed by atoms with Gasteiger partial charge in [-0.25, -0.2) is 0 Å². The summed E-state index contributed by atoms with van der Waals surface area (Å²) in [5.41, 5.74) is 0. The van der Waals surface area contributed by atoms with Crippen LogP contribution in [-0.4, -0.2) is 41.0 Å². The average molecular weight is 141 g/mol. The lowest BCUT2D eigenvalue weighted by Crippen LogP contribution is -2.25. The summed E-state index contributed by atoms with van der Waals surface area (Å²) >= 11 is 0. The Bertz CT molecular complexity index is 169. The Labute approximate surface area is 59.6 Å². The van der Waals surface area contributed by atoms with Crippen molar-refractivity contribution < 1.29 is 9.90 Å². The van der Waals surface area contributed by atoms with Gasteiger partial charge < -0.3 is 5.11 Å². The fourth-order valence-electron chi connectivity index (χ4n) is 1.90. The fraction of sp³-hybridized carbons (Fsp3) is 0.857. The Hall–Kier alpha value is -0.410. The van der Waals surface area contributed by atoms with Crippen LogP contribution in [0, 0.1) is 0 Å². The molecule has 0 saturated carbocycles. The Kier molecular flexibility index (Phi) is 1.28. The molecule has 0 aromatic rings. The molecule has 3 heteroatoms. The van der Waals surface area contributed by atoms with Crippen LogP contribution in [0.1, 0.15) is 12.8 Å². The first-order valence-electron chi connectivity index (χ1n) is 3.75. The van der Waals surface area contributed by atoms with Crippen LogP contribution < -0.4 is 0 Å². The highest BCUT2D eigenvalue weighted by molar-refractivity contribution is 5.90. The number of ketones is 1. The molecule has 2 heterocycles. The van der Waals surface area contributed by atoms with Crippen LogP contribution in [0.5, 0.6) is 0 Å². The zero-order chi connectivity index (χ0) is 7.14. The molecule has 2 rings (SSSR count). The number of fused-ring (bicyclic) bond motifs is 1. The molecular formula is C7H11NO2. The van der Waals surface area contributed by atoms with E-state index in [-0.39, 0.29) is 11.8 Å². The van der Waals surface area contributed by atoms with E-state index in [0.29, 0.717) is 6.54 Å². The second-order valence-electron chi connectivity index (χ2n) is 3.07. The number of hydrogen-bond acceptors (Lipinski definition) is 3. The molecule has 2 saturated heterocycles. The molecule has 56 valence electrons. The summed E-state index contributed by atoms with van der Waals surface area (Å²) in [5, 5.41) is 9.11. The van der Waals surface area contributed by atoms with E-state index in [0.717, 1.165) is 19.4 Å². The summed E-state index contributed by atoms with van der Waals surface area (Å²) in [4.78, 5) is 13.2. The lowest BCUT2D eigenvalue weighted by atomic mass is 10.1. The first-order chi connectivity index (χ1) is 4.79. The van der Waals surface area contributed by atoms with Gasteiger partial charge in [-0.1, -0.05) is 0 Å². The zero-order valence-electron chi connectivity index (χ0n) is 5.79. The lowest BCUT2D eigenvalue weighted by molar-refractivity contribution is -0.125. The first kappa shape index (κ1) is 6.31. The lowest BCUT2D eigenvalue weighted by Gasteiger charge is -2.10. The van der Waals surface area contributed by atoms with Crippen molar-refractivity contribution in [3.8, 4) is 0 Å². The molecule has 3 nitrogen and oxygen atoms in total. The van der Waals surface area contributed by atoms with E-state index in [1.54, 1.807) is 0 Å². The van der Waals surface area contributed by atoms with Gasteiger partial charge in [0.15, 0.2) is 5.78 Å². The minimum absolute atomic E-state index is 0.0394. The van der Waals surface area contributed by atoms with Crippen molar-refractivity contribution in [2.45, 2.75) is 25.0 Å². The number of carbonyl (C=O) groups excluding carboxylic acids is 1. The maximum Gasteiger partial charge on any atom is 0.179 e. The largest absolute Gasteiger partial charge is 0.384 e. The van der Waals surface area contributed by atoms with Crippen molar-refractivity contribution >= 4 is 5.78 Å². The maximum absolute atomic E-state index is 11.1. The molecule has 0 spiro atoms. The van der Waals surface area contributed by atoms with Crippen molar-refractivity contribution in [3.05, 3.63) is 0 Å². The topological polar surface area (TPSA) is 40.5 Å². The molecule has 2 atom stereocenters. The van der Waals surface area contributed by atoms with Gasteiger partial charge in [0.2, 0.25) is 0 Å². The number of aliphatic hydroxyl groups is 1. The van der Waals surface area contributed by atoms with E-state index in [4.69, 9.17) is 5.11 Å². The molecule has 1 N–H and O–H groups in total. The van der Waals surface area contributed by atoms with Crippen molar-refractivity contribution in [1.82, 2.24) is 4.90 Å². The molecule has 0 aliphatic carbocycles. The van der Waals surface area contributed by atoms with Crippen LogP contribution >= 0.6 is 0 Å². The van der Waals surface area contributed by atoms with Gasteiger partial charge in [0.05, 0.1) is 6.04 Å². The van der Waals surface area contributed by atoms with Crippen LogP contribution in [0.4, 0.5) is 0 Å². The molecule has 0 bridgehead atoms. The number of carbonyl (C=O) groups is 1. The maximum atomic E-state index is 11.1. The third-order valence-corrected chi connectivity index (χ3v) is 2.43. The van der Waals surface area contributed by atoms with Crippen molar-refractivity contribution in [2.75, 3.05) is 13.1 Å². The molecule has 0 amide bonds. The second-order valence-corrected chi connectivity index (χ2v) is 3.07. The van der Waals surface area contributed by atoms with E-state index < -0.39 is 6.10 Å². The molecule has 0 radical (unpaired) electrons. The SMILES string of the molecule is O=C1C(O)CN2CCCC12. The predicted molar refractivity (Wildman–Crippen MR) is 35.6 cm³/mol. The zero-order valence-corrected chi connectivity index (χ0v) is 5.79. The fourth-order valence-corrected chi connectivity index (χ4v) is 1.90. The quantitative estimate of drug-likeness (QED) is 0.489. The van der Waals surface area contributed by atoms with Crippen molar-refractivity contribution in [1.29, 1.82) is 0 Å². The molecular weight excluding hydrogens is 130 g/mol. The third kappa shape index (κ3) is 0.707. The number of Topliss-reactive ketones (excluding diaryl/α,β-unsaturated/α-hetero) is 1. The smallest absolute Gasteiger partial charge is 0.179 e. The standard InChI is InChI=1S/C7H11NO2/c9-6-4-8-3-1-2-5(8)7(6)10/h5-6,9H,1-4H2. The minimum atomic E-state index is -0.690.